The molecule has 3 rings (SSSR count). The van der Waals surface area contributed by atoms with Gasteiger partial charge in [-0.1, -0.05) is 103 Å². The minimum absolute atomic E-state index is 0.277. The van der Waals surface area contributed by atoms with Crippen LogP contribution >= 0.6 is 0 Å². The summed E-state index contributed by atoms with van der Waals surface area (Å²) in [5, 5.41) is 94.5. The molecule has 0 radical (unpaired) electrons. The second-order valence-corrected chi connectivity index (χ2v) is 18.1. The van der Waals surface area contributed by atoms with Crippen LogP contribution in [0.25, 0.3) is 0 Å². The lowest BCUT2D eigenvalue weighted by atomic mass is 9.98. The van der Waals surface area contributed by atoms with Gasteiger partial charge in [0.2, 0.25) is 0 Å². The fraction of sp³-hybridized carbons (Fsp3) is 0.935. The monoisotopic (exact) mass is 955 g/mol. The first-order valence-corrected chi connectivity index (χ1v) is 24.4. The van der Waals surface area contributed by atoms with Crippen molar-refractivity contribution in [3.05, 3.63) is 0 Å². The zero-order chi connectivity index (χ0) is 48.6. The molecule has 0 bridgehead atoms. The van der Waals surface area contributed by atoms with Crippen LogP contribution in [0.15, 0.2) is 0 Å². The first kappa shape index (κ1) is 58.2. The second-order valence-electron chi connectivity index (χ2n) is 18.1. The molecule has 3 heterocycles. The maximum absolute atomic E-state index is 11.9. The standard InChI is InChI=1S/C46H82O20/c1-4-5-6-16-20-30(49)21-19-23-31(22-17-14-12-10-8-7-9-11-13-15-18-24-32(50)43(57)58)63-45-41(36(52)33(51)25-60-45)66-46-42(38(54)35(27-61-46)62-29(3)48)65-44-40(56)39(55)37(53)34(64-44)26-59-28(2)47/h30-42,44-46,49-56H,4-27H2,1-3H3,(H,57,58). The van der Waals surface area contributed by atoms with Crippen molar-refractivity contribution in [2.24, 2.45) is 0 Å². The van der Waals surface area contributed by atoms with E-state index < -0.39 is 129 Å². The summed E-state index contributed by atoms with van der Waals surface area (Å²) in [4.78, 5) is 34.2. The van der Waals surface area contributed by atoms with E-state index in [-0.39, 0.29) is 13.0 Å². The van der Waals surface area contributed by atoms with Gasteiger partial charge in [-0.3, -0.25) is 9.59 Å². The van der Waals surface area contributed by atoms with E-state index in [4.69, 9.17) is 43.0 Å². The van der Waals surface area contributed by atoms with Crippen LogP contribution in [-0.2, 0) is 52.3 Å². The zero-order valence-corrected chi connectivity index (χ0v) is 39.2. The number of hydrogen-bond acceptors (Lipinski definition) is 19. The predicted molar refractivity (Wildman–Crippen MR) is 233 cm³/mol. The number of aliphatic carboxylic acids is 1. The largest absolute Gasteiger partial charge is 0.479 e. The number of unbranched alkanes of at least 4 members (excludes halogenated alkanes) is 13. The molecule has 3 aliphatic heterocycles. The highest BCUT2D eigenvalue weighted by Crippen LogP contribution is 2.33. The first-order chi connectivity index (χ1) is 31.5. The van der Waals surface area contributed by atoms with Crippen molar-refractivity contribution in [3.8, 4) is 0 Å². The summed E-state index contributed by atoms with van der Waals surface area (Å²) >= 11 is 0. The molecule has 0 aliphatic carbocycles. The van der Waals surface area contributed by atoms with Gasteiger partial charge in [0.15, 0.2) is 31.1 Å². The molecule has 0 aromatic carbocycles. The summed E-state index contributed by atoms with van der Waals surface area (Å²) in [7, 11) is 0. The Morgan fingerprint density at radius 2 is 1.11 bits per heavy atom. The summed E-state index contributed by atoms with van der Waals surface area (Å²) < 4.78 is 46.4. The Labute approximate surface area is 389 Å². The number of carbonyl (C=O) groups excluding carboxylic acids is 2. The van der Waals surface area contributed by atoms with Crippen LogP contribution in [0, 0.1) is 0 Å². The molecule has 0 saturated carbocycles. The van der Waals surface area contributed by atoms with Crippen molar-refractivity contribution in [1.82, 2.24) is 0 Å². The smallest absolute Gasteiger partial charge is 0.332 e. The molecule has 66 heavy (non-hydrogen) atoms. The zero-order valence-electron chi connectivity index (χ0n) is 39.2. The number of rotatable bonds is 33. The maximum atomic E-state index is 11.9. The first-order valence-electron chi connectivity index (χ1n) is 24.4. The van der Waals surface area contributed by atoms with E-state index in [1.54, 1.807) is 0 Å². The number of hydrogen-bond donors (Lipinski definition) is 9. The van der Waals surface area contributed by atoms with Gasteiger partial charge in [0.25, 0.3) is 0 Å². The number of carbonyl (C=O) groups is 3. The van der Waals surface area contributed by atoms with Crippen molar-refractivity contribution >= 4 is 17.9 Å². The molecule has 20 nitrogen and oxygen atoms in total. The molecular formula is C46H82O20. The third-order valence-corrected chi connectivity index (χ3v) is 12.4. The molecule has 16 atom stereocenters. The Hall–Kier alpha value is -2.15. The lowest BCUT2D eigenvalue weighted by Crippen LogP contribution is -2.65. The molecule has 20 heteroatoms. The summed E-state index contributed by atoms with van der Waals surface area (Å²) in [6.45, 7) is 3.17. The van der Waals surface area contributed by atoms with Gasteiger partial charge >= 0.3 is 17.9 Å². The minimum Gasteiger partial charge on any atom is -0.479 e. The fourth-order valence-corrected chi connectivity index (χ4v) is 8.46. The average molecular weight is 955 g/mol. The van der Waals surface area contributed by atoms with Gasteiger partial charge in [-0.25, -0.2) is 4.79 Å². The molecule has 3 aliphatic rings. The molecule has 0 aromatic heterocycles. The van der Waals surface area contributed by atoms with E-state index in [2.05, 4.69) is 6.92 Å². The summed E-state index contributed by atoms with van der Waals surface area (Å²) in [5.74, 6) is -2.64. The fourth-order valence-electron chi connectivity index (χ4n) is 8.46. The van der Waals surface area contributed by atoms with Gasteiger partial charge in [-0.15, -0.1) is 0 Å². The van der Waals surface area contributed by atoms with E-state index in [1.807, 2.05) is 0 Å². The Morgan fingerprint density at radius 1 is 0.576 bits per heavy atom. The van der Waals surface area contributed by atoms with Gasteiger partial charge < -0.3 is 83.9 Å². The third-order valence-electron chi connectivity index (χ3n) is 12.4. The van der Waals surface area contributed by atoms with E-state index in [0.29, 0.717) is 38.5 Å². The number of carboxylic acids is 1. The average Bonchev–Trinajstić information content (AvgIpc) is 3.27. The molecule has 16 unspecified atom stereocenters. The van der Waals surface area contributed by atoms with Gasteiger partial charge in [0.1, 0.15) is 61.5 Å². The minimum atomic E-state index is -1.90. The van der Waals surface area contributed by atoms with E-state index in [0.717, 1.165) is 104 Å². The third kappa shape index (κ3) is 20.8. The second kappa shape index (κ2) is 31.9. The molecule has 0 spiro atoms. The van der Waals surface area contributed by atoms with Crippen LogP contribution in [0.4, 0.5) is 0 Å². The maximum Gasteiger partial charge on any atom is 0.332 e. The lowest BCUT2D eigenvalue weighted by Gasteiger charge is -2.46. The highest BCUT2D eigenvalue weighted by Gasteiger charge is 2.52. The lowest BCUT2D eigenvalue weighted by molar-refractivity contribution is -0.380. The van der Waals surface area contributed by atoms with Crippen molar-refractivity contribution in [3.63, 3.8) is 0 Å². The Morgan fingerprint density at radius 3 is 1.71 bits per heavy atom. The molecule has 9 N–H and O–H groups in total. The van der Waals surface area contributed by atoms with Gasteiger partial charge in [-0.2, -0.15) is 0 Å². The highest BCUT2D eigenvalue weighted by atomic mass is 16.8. The van der Waals surface area contributed by atoms with Crippen LogP contribution in [0.2, 0.25) is 0 Å². The van der Waals surface area contributed by atoms with Crippen molar-refractivity contribution in [2.75, 3.05) is 19.8 Å². The van der Waals surface area contributed by atoms with Crippen molar-refractivity contribution in [1.29, 1.82) is 0 Å². The number of ether oxygens (including phenoxy) is 8. The van der Waals surface area contributed by atoms with Gasteiger partial charge in [0, 0.05) is 13.8 Å². The summed E-state index contributed by atoms with van der Waals surface area (Å²) in [6, 6.07) is 0. The number of carboxylic acid groups (broad SMARTS) is 1. The Kier molecular flexibility index (Phi) is 28.1. The van der Waals surface area contributed by atoms with Gasteiger partial charge in [-0.05, 0) is 38.5 Å². The summed E-state index contributed by atoms with van der Waals surface area (Å²) in [5.41, 5.74) is 0. The molecule has 3 saturated heterocycles. The topological polar surface area (TPSA) is 307 Å². The van der Waals surface area contributed by atoms with Crippen LogP contribution in [0.1, 0.15) is 156 Å². The Balaban J connectivity index is 1.67. The van der Waals surface area contributed by atoms with E-state index in [9.17, 15) is 55.2 Å². The molecule has 386 valence electrons. The molecule has 0 amide bonds. The van der Waals surface area contributed by atoms with E-state index >= 15 is 0 Å². The van der Waals surface area contributed by atoms with Crippen LogP contribution in [0.5, 0.6) is 0 Å². The Bertz CT molecular complexity index is 1340. The summed E-state index contributed by atoms with van der Waals surface area (Å²) in [6.07, 6.45) is -4.32. The number of aliphatic hydroxyl groups is 8. The normalized spacial score (nSPS) is 31.8. The van der Waals surface area contributed by atoms with Crippen molar-refractivity contribution in [2.45, 2.75) is 254 Å². The highest BCUT2D eigenvalue weighted by molar-refractivity contribution is 5.71. The predicted octanol–water partition coefficient (Wildman–Crippen LogP) is 2.26. The van der Waals surface area contributed by atoms with Crippen LogP contribution in [-0.4, -0.2) is 182 Å². The van der Waals surface area contributed by atoms with Crippen molar-refractivity contribution < 1.29 is 98.2 Å². The van der Waals surface area contributed by atoms with Gasteiger partial charge in [0.05, 0.1) is 25.4 Å². The molecule has 3 fully saturated rings. The molecule has 0 aromatic rings. The number of aliphatic hydroxyl groups excluding tert-OH is 8. The van der Waals surface area contributed by atoms with Crippen LogP contribution in [0.3, 0.4) is 0 Å². The van der Waals surface area contributed by atoms with Crippen LogP contribution < -0.4 is 0 Å². The number of esters is 2. The van der Waals surface area contributed by atoms with E-state index in [1.165, 1.54) is 0 Å². The molecular weight excluding hydrogens is 872 g/mol. The SMILES string of the molecule is CCCCCCC(O)CCCC(CCCCCCCCCCCCCC(O)C(=O)O)OC1OCC(O)C(O)C1OC1OCC(OC(C)=O)C(O)C1OC1OC(COC(C)=O)C(O)C(O)C1O. The quantitative estimate of drug-likeness (QED) is 0.0337.